The van der Waals surface area contributed by atoms with Crippen molar-refractivity contribution in [2.75, 3.05) is 13.7 Å². The van der Waals surface area contributed by atoms with E-state index in [1.165, 1.54) is 0 Å². The minimum atomic E-state index is -0.921. The van der Waals surface area contributed by atoms with E-state index in [4.69, 9.17) is 9.47 Å². The summed E-state index contributed by atoms with van der Waals surface area (Å²) < 4.78 is 12.9. The van der Waals surface area contributed by atoms with Crippen LogP contribution in [0.3, 0.4) is 0 Å². The fourth-order valence-corrected chi connectivity index (χ4v) is 2.76. The average molecular weight is 325 g/mol. The second-order valence-corrected chi connectivity index (χ2v) is 5.56. The molecule has 0 unspecified atom stereocenters. The summed E-state index contributed by atoms with van der Waals surface area (Å²) in [5.41, 5.74) is 2.24. The summed E-state index contributed by atoms with van der Waals surface area (Å²) in [6.45, 7) is 2.91. The molecule has 0 amide bonds. The van der Waals surface area contributed by atoms with E-state index in [9.17, 15) is 9.90 Å². The molecule has 0 aliphatic heterocycles. The minimum Gasteiger partial charge on any atom is -0.493 e. The van der Waals surface area contributed by atoms with Gasteiger partial charge in [0.15, 0.2) is 11.5 Å². The highest BCUT2D eigenvalue weighted by Gasteiger charge is 2.14. The van der Waals surface area contributed by atoms with Crippen LogP contribution in [0, 0.1) is 6.92 Å². The SMILES string of the molecule is COc1ccccc1OCCn1cc(C(=O)O)c2cc(C)ccc21. The molecule has 1 N–H and O–H groups in total. The molecule has 0 atom stereocenters. The normalized spacial score (nSPS) is 10.8. The Morgan fingerprint density at radius 2 is 1.92 bits per heavy atom. The number of rotatable bonds is 6. The third-order valence-electron chi connectivity index (χ3n) is 3.93. The zero-order valence-corrected chi connectivity index (χ0v) is 13.7. The third-order valence-corrected chi connectivity index (χ3v) is 3.93. The van der Waals surface area contributed by atoms with Crippen molar-refractivity contribution < 1.29 is 19.4 Å². The number of ether oxygens (including phenoxy) is 2. The van der Waals surface area contributed by atoms with Gasteiger partial charge in [0.1, 0.15) is 6.61 Å². The van der Waals surface area contributed by atoms with Crippen LogP contribution in [0.25, 0.3) is 10.9 Å². The number of carboxylic acid groups (broad SMARTS) is 1. The van der Waals surface area contributed by atoms with Gasteiger partial charge in [-0.1, -0.05) is 23.8 Å². The number of fused-ring (bicyclic) bond motifs is 1. The molecule has 3 aromatic rings. The lowest BCUT2D eigenvalue weighted by molar-refractivity contribution is 0.0698. The number of carboxylic acids is 1. The topological polar surface area (TPSA) is 60.7 Å². The predicted molar refractivity (Wildman–Crippen MR) is 92.1 cm³/mol. The summed E-state index contributed by atoms with van der Waals surface area (Å²) in [4.78, 5) is 11.5. The lowest BCUT2D eigenvalue weighted by Crippen LogP contribution is -2.08. The Balaban J connectivity index is 1.82. The van der Waals surface area contributed by atoms with E-state index in [2.05, 4.69) is 0 Å². The molecule has 5 heteroatoms. The maximum absolute atomic E-state index is 11.5. The van der Waals surface area contributed by atoms with Crippen molar-refractivity contribution in [1.29, 1.82) is 0 Å². The Hall–Kier alpha value is -2.95. The number of carbonyl (C=O) groups is 1. The molecule has 0 saturated carbocycles. The van der Waals surface area contributed by atoms with Crippen LogP contribution in [0.5, 0.6) is 11.5 Å². The summed E-state index contributed by atoms with van der Waals surface area (Å²) in [6, 6.07) is 13.3. The Kier molecular flexibility index (Phi) is 4.42. The average Bonchev–Trinajstić information content (AvgIpc) is 2.93. The van der Waals surface area contributed by atoms with Crippen LogP contribution in [0.4, 0.5) is 0 Å². The van der Waals surface area contributed by atoms with E-state index in [0.29, 0.717) is 30.2 Å². The molecule has 2 aromatic carbocycles. The highest BCUT2D eigenvalue weighted by molar-refractivity contribution is 6.03. The molecule has 0 saturated heterocycles. The molecule has 0 aliphatic rings. The van der Waals surface area contributed by atoms with Gasteiger partial charge in [0, 0.05) is 17.1 Å². The molecular formula is C19H19NO4. The Morgan fingerprint density at radius 1 is 1.17 bits per heavy atom. The largest absolute Gasteiger partial charge is 0.493 e. The number of hydrogen-bond acceptors (Lipinski definition) is 3. The number of methoxy groups -OCH3 is 1. The van der Waals surface area contributed by atoms with Crippen LogP contribution >= 0.6 is 0 Å². The smallest absolute Gasteiger partial charge is 0.337 e. The number of aromatic nitrogens is 1. The standard InChI is InChI=1S/C19H19NO4/c1-13-7-8-16-14(11-13)15(19(21)22)12-20(16)9-10-24-18-6-4-3-5-17(18)23-2/h3-8,11-12H,9-10H2,1-2H3,(H,21,22). The van der Waals surface area contributed by atoms with E-state index in [1.54, 1.807) is 13.3 Å². The van der Waals surface area contributed by atoms with Gasteiger partial charge < -0.3 is 19.1 Å². The Bertz CT molecular complexity index is 882. The molecule has 3 rings (SSSR count). The molecule has 0 aliphatic carbocycles. The van der Waals surface area contributed by atoms with Gasteiger partial charge in [-0.05, 0) is 31.2 Å². The molecule has 0 radical (unpaired) electrons. The van der Waals surface area contributed by atoms with Crippen LogP contribution in [-0.2, 0) is 6.54 Å². The first-order valence-electron chi connectivity index (χ1n) is 7.68. The molecule has 0 fully saturated rings. The van der Waals surface area contributed by atoms with Gasteiger partial charge in [-0.3, -0.25) is 0 Å². The summed E-state index contributed by atoms with van der Waals surface area (Å²) >= 11 is 0. The second kappa shape index (κ2) is 6.66. The summed E-state index contributed by atoms with van der Waals surface area (Å²) in [5.74, 6) is 0.428. The summed E-state index contributed by atoms with van der Waals surface area (Å²) in [7, 11) is 1.60. The number of benzene rings is 2. The van der Waals surface area contributed by atoms with Crippen molar-refractivity contribution in [1.82, 2.24) is 4.57 Å². The first-order valence-corrected chi connectivity index (χ1v) is 7.68. The predicted octanol–water partition coefficient (Wildman–Crippen LogP) is 3.74. The molecule has 1 heterocycles. The lowest BCUT2D eigenvalue weighted by Gasteiger charge is -2.11. The third kappa shape index (κ3) is 3.06. The molecule has 0 spiro atoms. The highest BCUT2D eigenvalue weighted by atomic mass is 16.5. The molecule has 24 heavy (non-hydrogen) atoms. The zero-order chi connectivity index (χ0) is 17.1. The Labute approximate surface area is 140 Å². The van der Waals surface area contributed by atoms with Crippen molar-refractivity contribution >= 4 is 16.9 Å². The van der Waals surface area contributed by atoms with Crippen LogP contribution in [-0.4, -0.2) is 29.4 Å². The van der Waals surface area contributed by atoms with Crippen molar-refractivity contribution in [3.63, 3.8) is 0 Å². The van der Waals surface area contributed by atoms with E-state index < -0.39 is 5.97 Å². The van der Waals surface area contributed by atoms with Crippen LogP contribution in [0.1, 0.15) is 15.9 Å². The lowest BCUT2D eigenvalue weighted by atomic mass is 10.1. The van der Waals surface area contributed by atoms with Gasteiger partial charge in [0.2, 0.25) is 0 Å². The van der Waals surface area contributed by atoms with Crippen molar-refractivity contribution in [2.45, 2.75) is 13.5 Å². The first-order chi connectivity index (χ1) is 11.6. The maximum atomic E-state index is 11.5. The minimum absolute atomic E-state index is 0.311. The van der Waals surface area contributed by atoms with Gasteiger partial charge in [-0.15, -0.1) is 0 Å². The van der Waals surface area contributed by atoms with Crippen molar-refractivity contribution in [2.24, 2.45) is 0 Å². The van der Waals surface area contributed by atoms with Crippen LogP contribution < -0.4 is 9.47 Å². The van der Waals surface area contributed by atoms with Crippen molar-refractivity contribution in [3.8, 4) is 11.5 Å². The molecule has 1 aromatic heterocycles. The van der Waals surface area contributed by atoms with E-state index in [1.807, 2.05) is 54.0 Å². The molecular weight excluding hydrogens is 306 g/mol. The number of aryl methyl sites for hydroxylation is 1. The van der Waals surface area contributed by atoms with Gasteiger partial charge in [-0.25, -0.2) is 4.79 Å². The summed E-state index contributed by atoms with van der Waals surface area (Å²) in [6.07, 6.45) is 1.66. The number of hydrogen-bond donors (Lipinski definition) is 1. The van der Waals surface area contributed by atoms with Gasteiger partial charge in [-0.2, -0.15) is 0 Å². The zero-order valence-electron chi connectivity index (χ0n) is 13.7. The molecule has 0 bridgehead atoms. The maximum Gasteiger partial charge on any atom is 0.337 e. The molecule has 124 valence electrons. The quantitative estimate of drug-likeness (QED) is 0.750. The van der Waals surface area contributed by atoms with E-state index >= 15 is 0 Å². The second-order valence-electron chi connectivity index (χ2n) is 5.56. The van der Waals surface area contributed by atoms with Crippen LogP contribution in [0.15, 0.2) is 48.7 Å². The number of para-hydroxylation sites is 2. The number of nitrogens with zero attached hydrogens (tertiary/aromatic N) is 1. The first kappa shape index (κ1) is 15.9. The van der Waals surface area contributed by atoms with Crippen LogP contribution in [0.2, 0.25) is 0 Å². The summed E-state index contributed by atoms with van der Waals surface area (Å²) in [5, 5.41) is 10.1. The number of aromatic carboxylic acids is 1. The van der Waals surface area contributed by atoms with E-state index in [0.717, 1.165) is 16.5 Å². The fraction of sp³-hybridized carbons (Fsp3) is 0.211. The van der Waals surface area contributed by atoms with E-state index in [-0.39, 0.29) is 0 Å². The van der Waals surface area contributed by atoms with Gasteiger partial charge in [0.25, 0.3) is 0 Å². The van der Waals surface area contributed by atoms with Gasteiger partial charge >= 0.3 is 5.97 Å². The highest BCUT2D eigenvalue weighted by Crippen LogP contribution is 2.26. The Morgan fingerprint density at radius 3 is 2.62 bits per heavy atom. The van der Waals surface area contributed by atoms with Gasteiger partial charge in [0.05, 0.1) is 19.2 Å². The monoisotopic (exact) mass is 325 g/mol. The fourth-order valence-electron chi connectivity index (χ4n) is 2.76. The molecule has 5 nitrogen and oxygen atoms in total. The van der Waals surface area contributed by atoms with Crippen molar-refractivity contribution in [3.05, 3.63) is 59.8 Å².